The normalized spacial score (nSPS) is 11.2. The van der Waals surface area contributed by atoms with Crippen molar-refractivity contribution >= 4 is 0 Å². The van der Waals surface area contributed by atoms with E-state index in [2.05, 4.69) is 6.07 Å². The van der Waals surface area contributed by atoms with Crippen LogP contribution in [0.5, 0.6) is 0 Å². The van der Waals surface area contributed by atoms with E-state index >= 15 is 0 Å². The summed E-state index contributed by atoms with van der Waals surface area (Å²) < 4.78 is 0. The summed E-state index contributed by atoms with van der Waals surface area (Å²) in [5, 5.41) is 17.2. The van der Waals surface area contributed by atoms with Crippen molar-refractivity contribution < 1.29 is 0 Å². The lowest BCUT2D eigenvalue weighted by molar-refractivity contribution is 0.680. The van der Waals surface area contributed by atoms with Crippen molar-refractivity contribution in [2.45, 2.75) is 12.8 Å². The first-order valence-corrected chi connectivity index (χ1v) is 4.17. The Morgan fingerprint density at radius 2 is 1.85 bits per heavy atom. The van der Waals surface area contributed by atoms with Gasteiger partial charge in [0.05, 0.1) is 24.5 Å². The topological polar surface area (TPSA) is 47.6 Å². The van der Waals surface area contributed by atoms with Crippen molar-refractivity contribution in [2.75, 3.05) is 0 Å². The van der Waals surface area contributed by atoms with E-state index in [0.29, 0.717) is 12.8 Å². The molecular weight excluding hydrogens is 160 g/mol. The summed E-state index contributed by atoms with van der Waals surface area (Å²) in [6.45, 7) is 0. The maximum Gasteiger partial charge on any atom is 0.0670 e. The Hall–Kier alpha value is -1.80. The maximum atomic E-state index is 8.72. The maximum absolute atomic E-state index is 8.72. The van der Waals surface area contributed by atoms with E-state index in [-0.39, 0.29) is 5.92 Å². The molecule has 0 aromatic heterocycles. The lowest BCUT2D eigenvalue weighted by atomic mass is 9.98. The quantitative estimate of drug-likeness (QED) is 0.698. The second-order valence-corrected chi connectivity index (χ2v) is 2.88. The van der Waals surface area contributed by atoms with Crippen LogP contribution in [0.2, 0.25) is 0 Å². The summed E-state index contributed by atoms with van der Waals surface area (Å²) in [6, 6.07) is 13.9. The van der Waals surface area contributed by atoms with E-state index in [0.717, 1.165) is 5.56 Å². The molecule has 1 unspecified atom stereocenters. The predicted molar refractivity (Wildman–Crippen MR) is 49.5 cm³/mol. The second-order valence-electron chi connectivity index (χ2n) is 2.88. The zero-order chi connectivity index (χ0) is 9.52. The van der Waals surface area contributed by atoms with Crippen molar-refractivity contribution in [2.24, 2.45) is 5.92 Å². The van der Waals surface area contributed by atoms with Gasteiger partial charge in [-0.25, -0.2) is 0 Å². The monoisotopic (exact) mass is 170 g/mol. The Labute approximate surface area is 78.0 Å². The van der Waals surface area contributed by atoms with Gasteiger partial charge in [-0.2, -0.15) is 10.5 Å². The van der Waals surface area contributed by atoms with Gasteiger partial charge >= 0.3 is 0 Å². The molecule has 0 heterocycles. The fraction of sp³-hybridized carbons (Fsp3) is 0.273. The zero-order valence-electron chi connectivity index (χ0n) is 7.27. The summed E-state index contributed by atoms with van der Waals surface area (Å²) in [5.41, 5.74) is 1.12. The van der Waals surface area contributed by atoms with Crippen molar-refractivity contribution in [3.8, 4) is 12.1 Å². The van der Waals surface area contributed by atoms with Gasteiger partial charge in [0.2, 0.25) is 0 Å². The first-order valence-electron chi connectivity index (χ1n) is 4.17. The molecule has 0 aliphatic carbocycles. The third-order valence-electron chi connectivity index (χ3n) is 1.85. The third-order valence-corrected chi connectivity index (χ3v) is 1.85. The molecule has 0 aliphatic rings. The van der Waals surface area contributed by atoms with Gasteiger partial charge in [0.15, 0.2) is 0 Å². The molecular formula is C11H10N2. The van der Waals surface area contributed by atoms with E-state index < -0.39 is 0 Å². The molecule has 0 amide bonds. The molecule has 64 valence electrons. The summed E-state index contributed by atoms with van der Waals surface area (Å²) in [7, 11) is 0. The van der Waals surface area contributed by atoms with Crippen molar-refractivity contribution in [1.82, 2.24) is 0 Å². The van der Waals surface area contributed by atoms with E-state index in [1.165, 1.54) is 0 Å². The molecule has 0 N–H and O–H groups in total. The minimum atomic E-state index is -0.174. The first kappa shape index (κ1) is 9.29. The molecule has 1 aromatic rings. The summed E-state index contributed by atoms with van der Waals surface area (Å²) in [5.74, 6) is -0.174. The summed E-state index contributed by atoms with van der Waals surface area (Å²) in [4.78, 5) is 0. The standard InChI is InChI=1S/C11H10N2/c12-7-6-11(9-13)8-10-4-2-1-3-5-10/h1-5,11H,6,8H2. The average Bonchev–Trinajstić information content (AvgIpc) is 2.19. The molecule has 0 saturated heterocycles. The minimum absolute atomic E-state index is 0.174. The molecule has 1 atom stereocenters. The second kappa shape index (κ2) is 4.95. The highest BCUT2D eigenvalue weighted by Gasteiger charge is 2.06. The number of hydrogen-bond acceptors (Lipinski definition) is 2. The van der Waals surface area contributed by atoms with Crippen molar-refractivity contribution in [1.29, 1.82) is 10.5 Å². The minimum Gasteiger partial charge on any atom is -0.198 e. The van der Waals surface area contributed by atoms with Crippen LogP contribution < -0.4 is 0 Å². The number of nitrogens with zero attached hydrogens (tertiary/aromatic N) is 2. The van der Waals surface area contributed by atoms with Gasteiger partial charge in [-0.1, -0.05) is 30.3 Å². The SMILES string of the molecule is N#CCC(C#N)Cc1ccccc1. The molecule has 1 rings (SSSR count). The van der Waals surface area contributed by atoms with E-state index in [4.69, 9.17) is 10.5 Å². The van der Waals surface area contributed by atoms with E-state index in [1.807, 2.05) is 36.4 Å². The van der Waals surface area contributed by atoms with Gasteiger partial charge in [-0.05, 0) is 12.0 Å². The molecule has 0 bridgehead atoms. The smallest absolute Gasteiger partial charge is 0.0670 e. The molecule has 2 nitrogen and oxygen atoms in total. The van der Waals surface area contributed by atoms with Crippen molar-refractivity contribution in [3.05, 3.63) is 35.9 Å². The lowest BCUT2D eigenvalue weighted by Gasteiger charge is -2.03. The predicted octanol–water partition coefficient (Wildman–Crippen LogP) is 2.28. The highest BCUT2D eigenvalue weighted by atomic mass is 14.3. The number of rotatable bonds is 3. The zero-order valence-corrected chi connectivity index (χ0v) is 7.27. The van der Waals surface area contributed by atoms with Crippen LogP contribution in [-0.4, -0.2) is 0 Å². The van der Waals surface area contributed by atoms with Gasteiger partial charge in [0, 0.05) is 0 Å². The Kier molecular flexibility index (Phi) is 3.54. The van der Waals surface area contributed by atoms with Crippen LogP contribution in [0.1, 0.15) is 12.0 Å². The van der Waals surface area contributed by atoms with Crippen LogP contribution in [0.3, 0.4) is 0 Å². The Bertz CT molecular complexity index is 329. The molecule has 13 heavy (non-hydrogen) atoms. The number of nitriles is 2. The average molecular weight is 170 g/mol. The van der Waals surface area contributed by atoms with Gasteiger partial charge in [0.1, 0.15) is 0 Å². The molecule has 0 radical (unpaired) electrons. The van der Waals surface area contributed by atoms with Gasteiger partial charge in [0.25, 0.3) is 0 Å². The van der Waals surface area contributed by atoms with Gasteiger partial charge in [-0.15, -0.1) is 0 Å². The Morgan fingerprint density at radius 3 is 2.38 bits per heavy atom. The molecule has 0 fully saturated rings. The first-order chi connectivity index (χ1) is 6.36. The fourth-order valence-corrected chi connectivity index (χ4v) is 1.17. The summed E-state index contributed by atoms with van der Waals surface area (Å²) >= 11 is 0. The molecule has 2 heteroatoms. The van der Waals surface area contributed by atoms with Crippen LogP contribution in [0, 0.1) is 28.6 Å². The largest absolute Gasteiger partial charge is 0.198 e. The Morgan fingerprint density at radius 1 is 1.15 bits per heavy atom. The lowest BCUT2D eigenvalue weighted by Crippen LogP contribution is -2.00. The van der Waals surface area contributed by atoms with E-state index in [1.54, 1.807) is 0 Å². The van der Waals surface area contributed by atoms with Crippen LogP contribution in [-0.2, 0) is 6.42 Å². The molecule has 0 aliphatic heterocycles. The van der Waals surface area contributed by atoms with Gasteiger partial charge in [-0.3, -0.25) is 0 Å². The van der Waals surface area contributed by atoms with E-state index in [9.17, 15) is 0 Å². The summed E-state index contributed by atoms with van der Waals surface area (Å²) in [6.07, 6.45) is 0.982. The Balaban J connectivity index is 2.59. The molecule has 0 saturated carbocycles. The van der Waals surface area contributed by atoms with Crippen LogP contribution in [0.15, 0.2) is 30.3 Å². The number of hydrogen-bond donors (Lipinski definition) is 0. The highest BCUT2D eigenvalue weighted by molar-refractivity contribution is 5.16. The van der Waals surface area contributed by atoms with Crippen LogP contribution >= 0.6 is 0 Å². The molecule has 0 spiro atoms. The van der Waals surface area contributed by atoms with Crippen LogP contribution in [0.25, 0.3) is 0 Å². The van der Waals surface area contributed by atoms with Gasteiger partial charge < -0.3 is 0 Å². The fourth-order valence-electron chi connectivity index (χ4n) is 1.17. The van der Waals surface area contributed by atoms with Crippen molar-refractivity contribution in [3.63, 3.8) is 0 Å². The van der Waals surface area contributed by atoms with Crippen LogP contribution in [0.4, 0.5) is 0 Å². The molecule has 1 aromatic carbocycles. The number of benzene rings is 1. The highest BCUT2D eigenvalue weighted by Crippen LogP contribution is 2.10. The third kappa shape index (κ3) is 2.97.